The molecule has 0 N–H and O–H groups in total. The molecule has 0 unspecified atom stereocenters. The largest absolute Gasteiger partial charge is 0.375 e. The van der Waals surface area contributed by atoms with Gasteiger partial charge in [0.15, 0.2) is 0 Å². The van der Waals surface area contributed by atoms with Crippen molar-refractivity contribution < 1.29 is 17.3 Å². The SMILES string of the molecule is CC1=CCC=C(COCCOS(=O)(=O)c2ccc(C)cc2)C1. The van der Waals surface area contributed by atoms with Crippen molar-refractivity contribution in [2.75, 3.05) is 19.8 Å². The van der Waals surface area contributed by atoms with Crippen molar-refractivity contribution in [3.8, 4) is 0 Å². The van der Waals surface area contributed by atoms with Gasteiger partial charge in [0.25, 0.3) is 10.1 Å². The molecule has 0 aromatic heterocycles. The van der Waals surface area contributed by atoms with E-state index in [0.29, 0.717) is 6.61 Å². The van der Waals surface area contributed by atoms with Crippen LogP contribution in [0.2, 0.25) is 0 Å². The first kappa shape index (κ1) is 16.9. The topological polar surface area (TPSA) is 52.6 Å². The van der Waals surface area contributed by atoms with E-state index in [1.165, 1.54) is 11.1 Å². The predicted octanol–water partition coefficient (Wildman–Crippen LogP) is 3.38. The molecule has 0 amide bonds. The van der Waals surface area contributed by atoms with Crippen LogP contribution < -0.4 is 0 Å². The Morgan fingerprint density at radius 3 is 2.45 bits per heavy atom. The molecule has 0 heterocycles. The summed E-state index contributed by atoms with van der Waals surface area (Å²) in [6, 6.07) is 6.59. The molecule has 0 saturated heterocycles. The molecule has 5 heteroatoms. The van der Waals surface area contributed by atoms with Crippen LogP contribution in [0.4, 0.5) is 0 Å². The van der Waals surface area contributed by atoms with E-state index >= 15 is 0 Å². The highest BCUT2D eigenvalue weighted by molar-refractivity contribution is 7.86. The van der Waals surface area contributed by atoms with E-state index in [4.69, 9.17) is 8.92 Å². The van der Waals surface area contributed by atoms with Gasteiger partial charge in [-0.3, -0.25) is 4.18 Å². The summed E-state index contributed by atoms with van der Waals surface area (Å²) in [6.07, 6.45) is 6.23. The maximum atomic E-state index is 12.0. The van der Waals surface area contributed by atoms with Crippen molar-refractivity contribution in [1.82, 2.24) is 0 Å². The van der Waals surface area contributed by atoms with E-state index in [1.807, 2.05) is 6.92 Å². The minimum atomic E-state index is -3.69. The molecule has 2 rings (SSSR count). The zero-order valence-corrected chi connectivity index (χ0v) is 13.9. The molecule has 22 heavy (non-hydrogen) atoms. The quantitative estimate of drug-likeness (QED) is 0.439. The van der Waals surface area contributed by atoms with Crippen molar-refractivity contribution >= 4 is 10.1 Å². The second-order valence-corrected chi connectivity index (χ2v) is 7.08. The minimum absolute atomic E-state index is 0.0261. The standard InChI is InChI=1S/C17H22O4S/c1-14-6-8-17(9-7-14)22(18,19)21-11-10-20-13-16-5-3-4-15(2)12-16/h4-9H,3,10-13H2,1-2H3. The van der Waals surface area contributed by atoms with Gasteiger partial charge in [0.2, 0.25) is 0 Å². The Bertz CT molecular complexity index is 654. The lowest BCUT2D eigenvalue weighted by atomic mass is 10.0. The summed E-state index contributed by atoms with van der Waals surface area (Å²) >= 11 is 0. The van der Waals surface area contributed by atoms with Crippen LogP contribution in [0, 0.1) is 6.92 Å². The number of aryl methyl sites for hydroxylation is 1. The van der Waals surface area contributed by atoms with Gasteiger partial charge in [-0.1, -0.05) is 35.4 Å². The van der Waals surface area contributed by atoms with E-state index < -0.39 is 10.1 Å². The Kier molecular flexibility index (Phi) is 5.94. The molecule has 1 aliphatic carbocycles. The molecule has 0 fully saturated rings. The maximum absolute atomic E-state index is 12.0. The fraction of sp³-hybridized carbons (Fsp3) is 0.412. The third kappa shape index (κ3) is 5.09. The third-order valence-electron chi connectivity index (χ3n) is 3.44. The summed E-state index contributed by atoms with van der Waals surface area (Å²) in [7, 11) is -3.69. The molecule has 0 saturated carbocycles. The van der Waals surface area contributed by atoms with Crippen LogP contribution in [-0.4, -0.2) is 28.2 Å². The first-order valence-electron chi connectivity index (χ1n) is 7.35. The Balaban J connectivity index is 1.72. The molecule has 0 atom stereocenters. The van der Waals surface area contributed by atoms with Crippen molar-refractivity contribution in [3.05, 3.63) is 53.1 Å². The fourth-order valence-corrected chi connectivity index (χ4v) is 3.11. The minimum Gasteiger partial charge on any atom is -0.375 e. The van der Waals surface area contributed by atoms with Gasteiger partial charge >= 0.3 is 0 Å². The molecule has 0 spiro atoms. The van der Waals surface area contributed by atoms with Crippen LogP contribution in [0.25, 0.3) is 0 Å². The second-order valence-electron chi connectivity index (χ2n) is 5.47. The van der Waals surface area contributed by atoms with Gasteiger partial charge in [-0.05, 0) is 44.4 Å². The lowest BCUT2D eigenvalue weighted by Gasteiger charge is -2.13. The van der Waals surface area contributed by atoms with E-state index in [-0.39, 0.29) is 18.1 Å². The average Bonchev–Trinajstić information content (AvgIpc) is 2.47. The van der Waals surface area contributed by atoms with Gasteiger partial charge in [0, 0.05) is 0 Å². The molecule has 1 aromatic rings. The van der Waals surface area contributed by atoms with Gasteiger partial charge in [0.05, 0.1) is 24.7 Å². The number of ether oxygens (including phenoxy) is 1. The van der Waals surface area contributed by atoms with Gasteiger partial charge in [-0.25, -0.2) is 0 Å². The van der Waals surface area contributed by atoms with Gasteiger partial charge in [-0.15, -0.1) is 0 Å². The summed E-state index contributed by atoms with van der Waals surface area (Å²) in [5.74, 6) is 0. The van der Waals surface area contributed by atoms with Crippen LogP contribution in [0.5, 0.6) is 0 Å². The number of allylic oxidation sites excluding steroid dienone is 3. The monoisotopic (exact) mass is 322 g/mol. The summed E-state index contributed by atoms with van der Waals surface area (Å²) < 4.78 is 34.4. The maximum Gasteiger partial charge on any atom is 0.297 e. The second kappa shape index (κ2) is 7.72. The smallest absolute Gasteiger partial charge is 0.297 e. The van der Waals surface area contributed by atoms with Gasteiger partial charge in [0.1, 0.15) is 0 Å². The lowest BCUT2D eigenvalue weighted by molar-refractivity contribution is 0.117. The van der Waals surface area contributed by atoms with Crippen molar-refractivity contribution in [3.63, 3.8) is 0 Å². The predicted molar refractivity (Wildman–Crippen MR) is 86.2 cm³/mol. The zero-order valence-electron chi connectivity index (χ0n) is 13.0. The molecule has 0 radical (unpaired) electrons. The number of hydrogen-bond acceptors (Lipinski definition) is 4. The van der Waals surface area contributed by atoms with Gasteiger partial charge < -0.3 is 4.74 Å². The third-order valence-corrected chi connectivity index (χ3v) is 4.77. The molecule has 120 valence electrons. The van der Waals surface area contributed by atoms with Crippen molar-refractivity contribution in [2.24, 2.45) is 0 Å². The van der Waals surface area contributed by atoms with Crippen LogP contribution in [-0.2, 0) is 19.0 Å². The molecule has 1 aromatic carbocycles. The van der Waals surface area contributed by atoms with E-state index in [1.54, 1.807) is 24.3 Å². The lowest BCUT2D eigenvalue weighted by Crippen LogP contribution is -2.13. The molecule has 1 aliphatic rings. The molecule has 0 bridgehead atoms. The van der Waals surface area contributed by atoms with Crippen LogP contribution in [0.15, 0.2) is 52.5 Å². The molecule has 4 nitrogen and oxygen atoms in total. The van der Waals surface area contributed by atoms with E-state index in [9.17, 15) is 8.42 Å². The Labute approximate surface area is 132 Å². The zero-order chi connectivity index (χ0) is 16.0. The normalized spacial score (nSPS) is 15.4. The fourth-order valence-electron chi connectivity index (χ4n) is 2.22. The summed E-state index contributed by atoms with van der Waals surface area (Å²) in [5.41, 5.74) is 3.59. The first-order valence-corrected chi connectivity index (χ1v) is 8.75. The van der Waals surface area contributed by atoms with E-state index in [2.05, 4.69) is 19.1 Å². The van der Waals surface area contributed by atoms with Crippen molar-refractivity contribution in [1.29, 1.82) is 0 Å². The van der Waals surface area contributed by atoms with Crippen molar-refractivity contribution in [2.45, 2.75) is 31.6 Å². The Hall–Kier alpha value is -1.43. The summed E-state index contributed by atoms with van der Waals surface area (Å²) in [4.78, 5) is 0.175. The number of hydrogen-bond donors (Lipinski definition) is 0. The highest BCUT2D eigenvalue weighted by Crippen LogP contribution is 2.18. The Morgan fingerprint density at radius 2 is 1.77 bits per heavy atom. The molecule has 0 aliphatic heterocycles. The highest BCUT2D eigenvalue weighted by Gasteiger charge is 2.14. The van der Waals surface area contributed by atoms with E-state index in [0.717, 1.165) is 18.4 Å². The highest BCUT2D eigenvalue weighted by atomic mass is 32.2. The van der Waals surface area contributed by atoms with Crippen LogP contribution >= 0.6 is 0 Å². The average molecular weight is 322 g/mol. The first-order chi connectivity index (χ1) is 10.5. The number of rotatable bonds is 7. The molecular formula is C17H22O4S. The summed E-state index contributed by atoms with van der Waals surface area (Å²) in [5, 5.41) is 0. The van der Waals surface area contributed by atoms with Gasteiger partial charge in [-0.2, -0.15) is 8.42 Å². The summed E-state index contributed by atoms with van der Waals surface area (Å²) in [6.45, 7) is 4.81. The molecular weight excluding hydrogens is 300 g/mol. The van der Waals surface area contributed by atoms with Crippen LogP contribution in [0.3, 0.4) is 0 Å². The Morgan fingerprint density at radius 1 is 1.05 bits per heavy atom. The van der Waals surface area contributed by atoms with Crippen LogP contribution in [0.1, 0.15) is 25.3 Å². The number of benzene rings is 1.